The zero-order valence-corrected chi connectivity index (χ0v) is 12.7. The molecule has 0 amide bonds. The van der Waals surface area contributed by atoms with Gasteiger partial charge in [-0.15, -0.1) is 0 Å². The number of aromatic nitrogens is 1. The summed E-state index contributed by atoms with van der Waals surface area (Å²) in [6.45, 7) is 5.91. The van der Waals surface area contributed by atoms with Crippen LogP contribution in [0.5, 0.6) is 0 Å². The van der Waals surface area contributed by atoms with Gasteiger partial charge in [0.25, 0.3) is 0 Å². The smallest absolute Gasteiger partial charge is 0.0538 e. The van der Waals surface area contributed by atoms with E-state index in [1.807, 2.05) is 30.3 Å². The van der Waals surface area contributed by atoms with Crippen LogP contribution in [0.3, 0.4) is 0 Å². The molecule has 0 saturated heterocycles. The predicted octanol–water partition coefficient (Wildman–Crippen LogP) is 5.96. The first-order valence-electron chi connectivity index (χ1n) is 7.43. The van der Waals surface area contributed by atoms with E-state index in [0.29, 0.717) is 0 Å². The Balaban J connectivity index is 0.000000174. The number of hydrogen-bond donors (Lipinski definition) is 1. The minimum Gasteiger partial charge on any atom is -0.354 e. The summed E-state index contributed by atoms with van der Waals surface area (Å²) in [5.41, 5.74) is 4.83. The van der Waals surface area contributed by atoms with E-state index in [-0.39, 0.29) is 0 Å². The fraction of sp³-hybridized carbons (Fsp3) is 0.0476. The van der Waals surface area contributed by atoms with Crippen LogP contribution in [0, 0.1) is 6.92 Å². The Morgan fingerprint density at radius 3 is 2.14 bits per heavy atom. The van der Waals surface area contributed by atoms with Crippen molar-refractivity contribution in [3.05, 3.63) is 90.5 Å². The summed E-state index contributed by atoms with van der Waals surface area (Å²) in [7, 11) is 0. The largest absolute Gasteiger partial charge is 0.354 e. The molecule has 0 saturated carbocycles. The van der Waals surface area contributed by atoms with Crippen LogP contribution >= 0.6 is 0 Å². The average molecular weight is 285 g/mol. The predicted molar refractivity (Wildman–Crippen MR) is 97.1 cm³/mol. The lowest BCUT2D eigenvalue weighted by atomic mass is 10.1. The van der Waals surface area contributed by atoms with Crippen molar-refractivity contribution in [2.75, 3.05) is 0 Å². The van der Waals surface area contributed by atoms with Crippen LogP contribution in [-0.2, 0) is 0 Å². The van der Waals surface area contributed by atoms with E-state index in [1.165, 1.54) is 27.4 Å². The fourth-order valence-corrected chi connectivity index (χ4v) is 2.60. The highest BCUT2D eigenvalue weighted by molar-refractivity contribution is 6.09. The molecule has 0 radical (unpaired) electrons. The summed E-state index contributed by atoms with van der Waals surface area (Å²) in [4.78, 5) is 3.43. The first-order valence-corrected chi connectivity index (χ1v) is 7.43. The topological polar surface area (TPSA) is 15.8 Å². The number of fused-ring (bicyclic) bond motifs is 3. The highest BCUT2D eigenvalue weighted by Crippen LogP contribution is 2.27. The number of H-pyrrole nitrogens is 1. The van der Waals surface area contributed by atoms with Crippen molar-refractivity contribution in [2.24, 2.45) is 0 Å². The van der Waals surface area contributed by atoms with E-state index in [9.17, 15) is 0 Å². The van der Waals surface area contributed by atoms with E-state index in [4.69, 9.17) is 0 Å². The van der Waals surface area contributed by atoms with Crippen molar-refractivity contribution in [1.29, 1.82) is 0 Å². The quantitative estimate of drug-likeness (QED) is 0.444. The summed E-state index contributed by atoms with van der Waals surface area (Å²) >= 11 is 0. The van der Waals surface area contributed by atoms with Gasteiger partial charge in [-0.25, -0.2) is 0 Å². The number of hydrogen-bond acceptors (Lipinski definition) is 0. The molecule has 4 aromatic rings. The van der Waals surface area contributed by atoms with Crippen molar-refractivity contribution < 1.29 is 0 Å². The molecule has 108 valence electrons. The molecule has 0 bridgehead atoms. The third-order valence-corrected chi connectivity index (χ3v) is 3.73. The van der Waals surface area contributed by atoms with Gasteiger partial charge >= 0.3 is 0 Å². The second-order valence-corrected chi connectivity index (χ2v) is 5.30. The fourth-order valence-electron chi connectivity index (χ4n) is 2.60. The average Bonchev–Trinajstić information content (AvgIpc) is 2.95. The van der Waals surface area contributed by atoms with Crippen LogP contribution in [0.15, 0.2) is 79.4 Å². The number of aromatic amines is 1. The first kappa shape index (κ1) is 14.2. The molecule has 1 heteroatoms. The van der Waals surface area contributed by atoms with Gasteiger partial charge in [0.15, 0.2) is 0 Å². The van der Waals surface area contributed by atoms with E-state index >= 15 is 0 Å². The normalized spacial score (nSPS) is 10.2. The highest BCUT2D eigenvalue weighted by atomic mass is 14.7. The van der Waals surface area contributed by atoms with E-state index in [2.05, 4.69) is 67.0 Å². The van der Waals surface area contributed by atoms with Crippen LogP contribution in [0.4, 0.5) is 0 Å². The molecule has 0 unspecified atom stereocenters. The molecular weight excluding hydrogens is 266 g/mol. The highest BCUT2D eigenvalue weighted by Gasteiger charge is 2.04. The molecule has 0 aliphatic rings. The van der Waals surface area contributed by atoms with Crippen molar-refractivity contribution in [1.82, 2.24) is 4.98 Å². The molecule has 0 aliphatic heterocycles. The van der Waals surface area contributed by atoms with Crippen molar-refractivity contribution in [2.45, 2.75) is 6.92 Å². The summed E-state index contributed by atoms with van der Waals surface area (Å²) in [5.74, 6) is 0. The number of nitrogens with one attached hydrogen (secondary N) is 1. The van der Waals surface area contributed by atoms with Crippen LogP contribution in [-0.4, -0.2) is 4.98 Å². The number of aryl methyl sites for hydroxylation is 1. The zero-order valence-electron chi connectivity index (χ0n) is 12.7. The molecule has 0 aliphatic carbocycles. The molecule has 0 fully saturated rings. The van der Waals surface area contributed by atoms with Crippen molar-refractivity contribution >= 4 is 27.9 Å². The van der Waals surface area contributed by atoms with Gasteiger partial charge in [0.05, 0.1) is 5.52 Å². The minimum atomic E-state index is 1.16. The van der Waals surface area contributed by atoms with Crippen LogP contribution < -0.4 is 0 Å². The molecule has 1 nitrogen and oxygen atoms in total. The van der Waals surface area contributed by atoms with Gasteiger partial charge < -0.3 is 4.98 Å². The Labute approximate surface area is 130 Å². The van der Waals surface area contributed by atoms with Crippen molar-refractivity contribution in [3.63, 3.8) is 0 Å². The molecular formula is C21H19N. The van der Waals surface area contributed by atoms with Crippen LogP contribution in [0.2, 0.25) is 0 Å². The second-order valence-electron chi connectivity index (χ2n) is 5.30. The molecule has 0 spiro atoms. The maximum Gasteiger partial charge on any atom is 0.0538 e. The summed E-state index contributed by atoms with van der Waals surface area (Å²) in [5, 5.41) is 2.54. The Morgan fingerprint density at radius 2 is 1.45 bits per heavy atom. The number of benzene rings is 3. The maximum absolute atomic E-state index is 3.83. The maximum atomic E-state index is 3.83. The third kappa shape index (κ3) is 2.79. The van der Waals surface area contributed by atoms with Gasteiger partial charge in [-0.2, -0.15) is 0 Å². The number of rotatable bonds is 1. The summed E-state index contributed by atoms with van der Waals surface area (Å²) in [6, 6.07) is 24.9. The minimum absolute atomic E-state index is 1.16. The monoisotopic (exact) mass is 285 g/mol. The number of para-hydroxylation sites is 2. The van der Waals surface area contributed by atoms with Gasteiger partial charge in [-0.05, 0) is 18.6 Å². The summed E-state index contributed by atoms with van der Waals surface area (Å²) < 4.78 is 0. The SMILES string of the molecule is C=Cc1cccc2c1[nH]c1ccccc12.Cc1ccccc1. The van der Waals surface area contributed by atoms with Crippen LogP contribution in [0.25, 0.3) is 27.9 Å². The van der Waals surface area contributed by atoms with E-state index in [0.717, 1.165) is 5.56 Å². The van der Waals surface area contributed by atoms with Gasteiger partial charge in [0.1, 0.15) is 0 Å². The first-order chi connectivity index (χ1) is 10.8. The molecule has 22 heavy (non-hydrogen) atoms. The van der Waals surface area contributed by atoms with Gasteiger partial charge in [0.2, 0.25) is 0 Å². The van der Waals surface area contributed by atoms with E-state index < -0.39 is 0 Å². The Hall–Kier alpha value is -2.80. The van der Waals surface area contributed by atoms with Gasteiger partial charge in [0, 0.05) is 16.3 Å². The van der Waals surface area contributed by atoms with Gasteiger partial charge in [-0.1, -0.05) is 84.9 Å². The summed E-state index contributed by atoms with van der Waals surface area (Å²) in [6.07, 6.45) is 1.89. The lowest BCUT2D eigenvalue weighted by molar-refractivity contribution is 1.48. The Morgan fingerprint density at radius 1 is 0.773 bits per heavy atom. The standard InChI is InChI=1S/C14H11N.C7H8/c1-2-10-6-5-8-12-11-7-3-4-9-13(11)15-14(10)12;1-7-5-3-2-4-6-7/h2-9,15H,1H2;2-6H,1H3. The molecule has 4 rings (SSSR count). The Kier molecular flexibility index (Phi) is 4.06. The van der Waals surface area contributed by atoms with E-state index in [1.54, 1.807) is 0 Å². The molecule has 1 N–H and O–H groups in total. The lowest BCUT2D eigenvalue weighted by Gasteiger charge is -1.94. The van der Waals surface area contributed by atoms with Crippen LogP contribution in [0.1, 0.15) is 11.1 Å². The molecule has 1 aromatic heterocycles. The third-order valence-electron chi connectivity index (χ3n) is 3.73. The second kappa shape index (κ2) is 6.31. The lowest BCUT2D eigenvalue weighted by Crippen LogP contribution is -1.73. The Bertz CT molecular complexity index is 901. The molecule has 0 atom stereocenters. The van der Waals surface area contributed by atoms with Crippen molar-refractivity contribution in [3.8, 4) is 0 Å². The zero-order chi connectivity index (χ0) is 15.4. The molecule has 1 heterocycles. The molecule has 3 aromatic carbocycles. The van der Waals surface area contributed by atoms with Gasteiger partial charge in [-0.3, -0.25) is 0 Å².